The van der Waals surface area contributed by atoms with Crippen LogP contribution in [0.4, 0.5) is 0 Å². The van der Waals surface area contributed by atoms with Gasteiger partial charge in [-0.1, -0.05) is 60.7 Å². The Morgan fingerprint density at radius 2 is 1.66 bits per heavy atom. The summed E-state index contributed by atoms with van der Waals surface area (Å²) in [5, 5.41) is 4.22. The first kappa shape index (κ1) is 23.3. The van der Waals surface area contributed by atoms with Crippen molar-refractivity contribution < 1.29 is 9.59 Å². The van der Waals surface area contributed by atoms with Gasteiger partial charge in [-0.3, -0.25) is 9.59 Å². The summed E-state index contributed by atoms with van der Waals surface area (Å²) in [6.07, 6.45) is 0.843. The molecule has 2 heterocycles. The van der Waals surface area contributed by atoms with Crippen LogP contribution in [0.25, 0.3) is 10.8 Å². The minimum absolute atomic E-state index is 0.0280. The Kier molecular flexibility index (Phi) is 6.20. The summed E-state index contributed by atoms with van der Waals surface area (Å²) in [4.78, 5) is 32.6. The molecule has 0 fully saturated rings. The summed E-state index contributed by atoms with van der Waals surface area (Å²) in [7, 11) is 0. The molecular formula is C30H30N2O2S. The largest absolute Gasteiger partial charge is 0.330 e. The van der Waals surface area contributed by atoms with Crippen molar-refractivity contribution in [1.82, 2.24) is 9.80 Å². The highest BCUT2D eigenvalue weighted by atomic mass is 32.1. The number of nitrogens with zero attached hydrogens (tertiary/aromatic N) is 2. The van der Waals surface area contributed by atoms with Crippen LogP contribution in [0.2, 0.25) is 0 Å². The molecule has 0 unspecified atom stereocenters. The molecule has 4 aromatic rings. The Labute approximate surface area is 210 Å². The Morgan fingerprint density at radius 1 is 0.943 bits per heavy atom. The molecule has 0 N–H and O–H groups in total. The van der Waals surface area contributed by atoms with Crippen LogP contribution >= 0.6 is 11.3 Å². The predicted octanol–water partition coefficient (Wildman–Crippen LogP) is 6.32. The number of hydrogen-bond donors (Lipinski definition) is 0. The zero-order valence-electron chi connectivity index (χ0n) is 20.4. The first-order valence-electron chi connectivity index (χ1n) is 12.0. The van der Waals surface area contributed by atoms with E-state index in [2.05, 4.69) is 23.6 Å². The van der Waals surface area contributed by atoms with Crippen LogP contribution in [-0.2, 0) is 11.2 Å². The number of hydrogen-bond acceptors (Lipinski definition) is 3. The molecule has 4 nitrogen and oxygen atoms in total. The molecule has 1 aliphatic rings. The summed E-state index contributed by atoms with van der Waals surface area (Å²) < 4.78 is 0. The molecule has 35 heavy (non-hydrogen) atoms. The van der Waals surface area contributed by atoms with Crippen LogP contribution in [0.15, 0.2) is 84.2 Å². The van der Waals surface area contributed by atoms with Crippen molar-refractivity contribution in [1.29, 1.82) is 0 Å². The lowest BCUT2D eigenvalue weighted by Gasteiger charge is -2.40. The third-order valence-electron chi connectivity index (χ3n) is 6.75. The number of thiophene rings is 1. The van der Waals surface area contributed by atoms with Crippen LogP contribution in [0.5, 0.6) is 0 Å². The number of carbonyl (C=O) groups is 2. The molecule has 0 saturated carbocycles. The number of rotatable bonds is 4. The SMILES string of the molecule is CC(C)(C)N(CC(=O)N1CCc2sccc2[C@@H]1c1ccccc1)C(=O)c1ccc2ccccc2c1. The van der Waals surface area contributed by atoms with Crippen LogP contribution < -0.4 is 0 Å². The number of fused-ring (bicyclic) bond motifs is 2. The molecule has 1 aliphatic heterocycles. The molecule has 1 aromatic heterocycles. The standard InChI is InChI=1S/C30H30N2O2S/c1-30(2,3)32(29(34)24-14-13-21-9-7-8-12-23(21)19-24)20-27(33)31-17-15-26-25(16-18-35-26)28(31)22-10-5-4-6-11-22/h4-14,16,18-19,28H,15,17,20H2,1-3H3/t28-/m0/s1. The average Bonchev–Trinajstić information content (AvgIpc) is 3.34. The molecule has 1 atom stereocenters. The maximum atomic E-state index is 13.9. The Bertz CT molecular complexity index is 1370. The number of benzene rings is 3. The highest BCUT2D eigenvalue weighted by Gasteiger charge is 2.36. The number of amides is 2. The summed E-state index contributed by atoms with van der Waals surface area (Å²) in [6, 6.07) is 26.0. The van der Waals surface area contributed by atoms with Crippen LogP contribution in [0.3, 0.4) is 0 Å². The van der Waals surface area contributed by atoms with Crippen molar-refractivity contribution in [2.75, 3.05) is 13.1 Å². The van der Waals surface area contributed by atoms with Gasteiger partial charge in [0.1, 0.15) is 6.54 Å². The summed E-state index contributed by atoms with van der Waals surface area (Å²) in [5.41, 5.74) is 2.39. The van der Waals surface area contributed by atoms with E-state index in [4.69, 9.17) is 0 Å². The minimum atomic E-state index is -0.510. The van der Waals surface area contributed by atoms with Gasteiger partial charge in [-0.25, -0.2) is 0 Å². The molecule has 178 valence electrons. The van der Waals surface area contributed by atoms with Gasteiger partial charge < -0.3 is 9.80 Å². The molecular weight excluding hydrogens is 452 g/mol. The third-order valence-corrected chi connectivity index (χ3v) is 7.74. The zero-order valence-corrected chi connectivity index (χ0v) is 21.2. The predicted molar refractivity (Wildman–Crippen MR) is 143 cm³/mol. The molecule has 5 heteroatoms. The summed E-state index contributed by atoms with van der Waals surface area (Å²) in [5.74, 6) is -0.152. The van der Waals surface area contributed by atoms with Crippen molar-refractivity contribution in [3.05, 3.63) is 106 Å². The monoisotopic (exact) mass is 482 g/mol. The topological polar surface area (TPSA) is 40.6 Å². The zero-order chi connectivity index (χ0) is 24.6. The van der Waals surface area contributed by atoms with E-state index in [-0.39, 0.29) is 24.4 Å². The Balaban J connectivity index is 1.46. The van der Waals surface area contributed by atoms with Crippen molar-refractivity contribution in [3.63, 3.8) is 0 Å². The number of carbonyl (C=O) groups excluding carboxylic acids is 2. The molecule has 0 radical (unpaired) electrons. The van der Waals surface area contributed by atoms with Gasteiger partial charge >= 0.3 is 0 Å². The maximum Gasteiger partial charge on any atom is 0.254 e. The van der Waals surface area contributed by atoms with E-state index in [1.54, 1.807) is 16.2 Å². The fourth-order valence-corrected chi connectivity index (χ4v) is 5.80. The van der Waals surface area contributed by atoms with Crippen LogP contribution in [-0.4, -0.2) is 40.2 Å². The summed E-state index contributed by atoms with van der Waals surface area (Å²) >= 11 is 1.76. The van der Waals surface area contributed by atoms with E-state index in [1.807, 2.05) is 86.3 Å². The van der Waals surface area contributed by atoms with Crippen molar-refractivity contribution in [3.8, 4) is 0 Å². The van der Waals surface area contributed by atoms with Gasteiger partial charge in [0.25, 0.3) is 5.91 Å². The van der Waals surface area contributed by atoms with Gasteiger partial charge in [0.05, 0.1) is 6.04 Å². The second-order valence-corrected chi connectivity index (χ2v) is 11.1. The molecule has 3 aromatic carbocycles. The van der Waals surface area contributed by atoms with Gasteiger partial charge in [-0.15, -0.1) is 11.3 Å². The smallest absolute Gasteiger partial charge is 0.254 e. The van der Waals surface area contributed by atoms with Gasteiger partial charge in [-0.05, 0) is 72.7 Å². The van der Waals surface area contributed by atoms with E-state index in [0.29, 0.717) is 12.1 Å². The van der Waals surface area contributed by atoms with Crippen molar-refractivity contribution >= 4 is 33.9 Å². The second-order valence-electron chi connectivity index (χ2n) is 10.1. The Hall–Kier alpha value is -3.44. The van der Waals surface area contributed by atoms with Gasteiger partial charge in [0.15, 0.2) is 0 Å². The van der Waals surface area contributed by atoms with Crippen molar-refractivity contribution in [2.24, 2.45) is 0 Å². The maximum absolute atomic E-state index is 13.9. The Morgan fingerprint density at radius 3 is 2.40 bits per heavy atom. The van der Waals surface area contributed by atoms with Gasteiger partial charge in [0.2, 0.25) is 5.91 Å². The highest BCUT2D eigenvalue weighted by Crippen LogP contribution is 2.38. The fourth-order valence-electron chi connectivity index (χ4n) is 4.90. The van der Waals surface area contributed by atoms with Crippen molar-refractivity contribution in [2.45, 2.75) is 38.8 Å². The minimum Gasteiger partial charge on any atom is -0.330 e. The summed E-state index contributed by atoms with van der Waals surface area (Å²) in [6.45, 7) is 6.65. The lowest BCUT2D eigenvalue weighted by molar-refractivity contribution is -0.135. The normalized spacial score (nSPS) is 15.6. The van der Waals surface area contributed by atoms with Gasteiger partial charge in [-0.2, -0.15) is 0 Å². The first-order chi connectivity index (χ1) is 16.8. The van der Waals surface area contributed by atoms with Crippen LogP contribution in [0, 0.1) is 0 Å². The molecule has 0 bridgehead atoms. The first-order valence-corrected chi connectivity index (χ1v) is 12.9. The molecule has 0 saturated heterocycles. The lowest BCUT2D eigenvalue weighted by Crippen LogP contribution is -2.52. The average molecular weight is 483 g/mol. The fraction of sp³-hybridized carbons (Fsp3) is 0.267. The second kappa shape index (κ2) is 9.31. The lowest BCUT2D eigenvalue weighted by atomic mass is 9.93. The van der Waals surface area contributed by atoms with E-state index in [0.717, 1.165) is 22.8 Å². The quantitative estimate of drug-likeness (QED) is 0.342. The van der Waals surface area contributed by atoms with E-state index >= 15 is 0 Å². The third kappa shape index (κ3) is 4.61. The highest BCUT2D eigenvalue weighted by molar-refractivity contribution is 7.10. The van der Waals surface area contributed by atoms with E-state index in [9.17, 15) is 9.59 Å². The van der Waals surface area contributed by atoms with Gasteiger partial charge in [0, 0.05) is 22.5 Å². The van der Waals surface area contributed by atoms with E-state index < -0.39 is 5.54 Å². The molecule has 2 amide bonds. The van der Waals surface area contributed by atoms with Crippen LogP contribution in [0.1, 0.15) is 53.2 Å². The molecule has 0 aliphatic carbocycles. The molecule has 5 rings (SSSR count). The molecule has 0 spiro atoms. The van der Waals surface area contributed by atoms with E-state index in [1.165, 1.54) is 10.4 Å².